The lowest BCUT2D eigenvalue weighted by molar-refractivity contribution is -0.113. The molecule has 0 bridgehead atoms. The molecule has 0 radical (unpaired) electrons. The predicted octanol–water partition coefficient (Wildman–Crippen LogP) is 4.83. The van der Waals surface area contributed by atoms with Gasteiger partial charge in [-0.1, -0.05) is 42.1 Å². The molecule has 0 saturated carbocycles. The minimum atomic E-state index is -0.180. The number of allylic oxidation sites excluding steroid dienone is 2. The summed E-state index contributed by atoms with van der Waals surface area (Å²) < 4.78 is 0. The molecule has 0 saturated heterocycles. The Balaban J connectivity index is 2.08. The third-order valence-electron chi connectivity index (χ3n) is 3.20. The van der Waals surface area contributed by atoms with Crippen LogP contribution in [-0.2, 0) is 4.79 Å². The number of Topliss-reactive ketones (excluding diaryl/α,β-unsaturated/α-hetero) is 1. The minimum absolute atomic E-state index is 0.00720. The Hall–Kier alpha value is -2.18. The van der Waals surface area contributed by atoms with Crippen molar-refractivity contribution in [3.05, 3.63) is 53.4 Å². The fourth-order valence-electron chi connectivity index (χ4n) is 2.16. The average molecular weight is 342 g/mol. The van der Waals surface area contributed by atoms with E-state index in [4.69, 9.17) is 0 Å². The molecule has 3 rings (SSSR count). The van der Waals surface area contributed by atoms with E-state index >= 15 is 0 Å². The lowest BCUT2D eigenvalue weighted by Crippen LogP contribution is -1.97. The van der Waals surface area contributed by atoms with Crippen LogP contribution < -0.4 is 0 Å². The van der Waals surface area contributed by atoms with Crippen molar-refractivity contribution < 1.29 is 9.90 Å². The third kappa shape index (κ3) is 3.28. The summed E-state index contributed by atoms with van der Waals surface area (Å²) >= 11 is 2.76. The largest absolute Gasteiger partial charge is 0.511 e. The number of nitrogens with zero attached hydrogens (tertiary/aromatic N) is 2. The summed E-state index contributed by atoms with van der Waals surface area (Å²) in [6.45, 7) is 2.94. The minimum Gasteiger partial charge on any atom is -0.511 e. The first-order valence-corrected chi connectivity index (χ1v) is 8.58. The van der Waals surface area contributed by atoms with Gasteiger partial charge in [-0.3, -0.25) is 4.79 Å². The van der Waals surface area contributed by atoms with Gasteiger partial charge in [0.25, 0.3) is 0 Å². The normalized spacial score (nSPS) is 12.3. The van der Waals surface area contributed by atoms with Crippen LogP contribution in [0.3, 0.4) is 0 Å². The van der Waals surface area contributed by atoms with E-state index in [1.165, 1.54) is 31.9 Å². The van der Waals surface area contributed by atoms with Gasteiger partial charge in [-0.2, -0.15) is 0 Å². The summed E-state index contributed by atoms with van der Waals surface area (Å²) in [5.74, 6) is -0.173. The number of hydrogen-bond acceptors (Lipinski definition) is 6. The Morgan fingerprint density at radius 3 is 2.57 bits per heavy atom. The molecule has 0 fully saturated rings. The standard InChI is InChI=1S/C17H14N2O2S2/c1-10(20)15(11(2)21)23-17-13-8-14(12-6-4-3-5-7-12)22-16(13)18-9-19-17/h3-9,20H,1-2H3. The van der Waals surface area contributed by atoms with Crippen molar-refractivity contribution >= 4 is 39.1 Å². The second-order valence-electron chi connectivity index (χ2n) is 4.95. The number of aromatic nitrogens is 2. The molecule has 0 atom stereocenters. The molecule has 0 aliphatic rings. The molecule has 0 unspecified atom stereocenters. The molecule has 0 aliphatic carbocycles. The van der Waals surface area contributed by atoms with Gasteiger partial charge in [0.15, 0.2) is 5.78 Å². The lowest BCUT2D eigenvalue weighted by atomic mass is 10.2. The molecule has 6 heteroatoms. The Morgan fingerprint density at radius 1 is 1.17 bits per heavy atom. The van der Waals surface area contributed by atoms with Crippen molar-refractivity contribution in [2.75, 3.05) is 0 Å². The van der Waals surface area contributed by atoms with Gasteiger partial charge in [0.1, 0.15) is 21.9 Å². The van der Waals surface area contributed by atoms with Crippen molar-refractivity contribution in [2.24, 2.45) is 0 Å². The Labute approximate surface area is 141 Å². The van der Waals surface area contributed by atoms with E-state index in [1.807, 2.05) is 36.4 Å². The summed E-state index contributed by atoms with van der Waals surface area (Å²) in [6.07, 6.45) is 1.49. The van der Waals surface area contributed by atoms with Crippen molar-refractivity contribution in [1.29, 1.82) is 0 Å². The van der Waals surface area contributed by atoms with E-state index in [-0.39, 0.29) is 11.5 Å². The zero-order valence-corrected chi connectivity index (χ0v) is 14.2. The maximum Gasteiger partial charge on any atom is 0.169 e. The summed E-state index contributed by atoms with van der Waals surface area (Å²) in [4.78, 5) is 22.5. The van der Waals surface area contributed by atoms with Gasteiger partial charge in [0.05, 0.1) is 4.91 Å². The van der Waals surface area contributed by atoms with Crippen LogP contribution in [0, 0.1) is 0 Å². The van der Waals surface area contributed by atoms with Crippen LogP contribution in [0.15, 0.2) is 58.4 Å². The number of thiophene rings is 1. The van der Waals surface area contributed by atoms with Crippen molar-refractivity contribution in [1.82, 2.24) is 9.97 Å². The SMILES string of the molecule is CC(=O)C(Sc1ncnc2sc(-c3ccccc3)cc12)=C(C)O. The maximum absolute atomic E-state index is 11.7. The number of aliphatic hydroxyl groups is 1. The highest BCUT2D eigenvalue weighted by atomic mass is 32.2. The zero-order valence-electron chi connectivity index (χ0n) is 12.6. The molecule has 116 valence electrons. The zero-order chi connectivity index (χ0) is 16.4. The van der Waals surface area contributed by atoms with Gasteiger partial charge < -0.3 is 5.11 Å². The van der Waals surface area contributed by atoms with Crippen LogP contribution >= 0.6 is 23.1 Å². The van der Waals surface area contributed by atoms with Crippen molar-refractivity contribution in [3.8, 4) is 10.4 Å². The van der Waals surface area contributed by atoms with E-state index in [2.05, 4.69) is 9.97 Å². The monoisotopic (exact) mass is 342 g/mol. The first-order valence-electron chi connectivity index (χ1n) is 6.95. The summed E-state index contributed by atoms with van der Waals surface area (Å²) in [5.41, 5.74) is 1.12. The van der Waals surface area contributed by atoms with Crippen LogP contribution in [0.5, 0.6) is 0 Å². The van der Waals surface area contributed by atoms with Gasteiger partial charge in [-0.15, -0.1) is 11.3 Å². The summed E-state index contributed by atoms with van der Waals surface area (Å²) in [5, 5.41) is 11.3. The molecule has 4 nitrogen and oxygen atoms in total. The highest BCUT2D eigenvalue weighted by molar-refractivity contribution is 8.04. The number of rotatable bonds is 4. The second kappa shape index (κ2) is 6.52. The van der Waals surface area contributed by atoms with E-state index < -0.39 is 0 Å². The molecule has 1 N–H and O–H groups in total. The Bertz CT molecular complexity index is 897. The molecule has 0 amide bonds. The molecule has 1 aromatic carbocycles. The quantitative estimate of drug-likeness (QED) is 0.318. The van der Waals surface area contributed by atoms with Crippen molar-refractivity contribution in [3.63, 3.8) is 0 Å². The average Bonchev–Trinajstić information content (AvgIpc) is 2.97. The smallest absolute Gasteiger partial charge is 0.169 e. The fourth-order valence-corrected chi connectivity index (χ4v) is 4.08. The van der Waals surface area contributed by atoms with Crippen LogP contribution in [-0.4, -0.2) is 20.9 Å². The number of hydrogen-bond donors (Lipinski definition) is 1. The second-order valence-corrected chi connectivity index (χ2v) is 6.98. The third-order valence-corrected chi connectivity index (χ3v) is 5.60. The highest BCUT2D eigenvalue weighted by Gasteiger charge is 2.16. The number of thioether (sulfide) groups is 1. The Morgan fingerprint density at radius 2 is 1.91 bits per heavy atom. The predicted molar refractivity (Wildman–Crippen MR) is 94.7 cm³/mol. The number of carbonyl (C=O) groups excluding carboxylic acids is 1. The molecule has 2 heterocycles. The molecule has 3 aromatic rings. The molecule has 0 spiro atoms. The van der Waals surface area contributed by atoms with E-state index in [9.17, 15) is 9.90 Å². The Kier molecular flexibility index (Phi) is 4.45. The molecular formula is C17H14N2O2S2. The fraction of sp³-hybridized carbons (Fsp3) is 0.118. The first kappa shape index (κ1) is 15.7. The van der Waals surface area contributed by atoms with Crippen LogP contribution in [0.25, 0.3) is 20.7 Å². The van der Waals surface area contributed by atoms with Gasteiger partial charge in [0, 0.05) is 10.3 Å². The van der Waals surface area contributed by atoms with Crippen LogP contribution in [0.1, 0.15) is 13.8 Å². The maximum atomic E-state index is 11.7. The van der Waals surface area contributed by atoms with Gasteiger partial charge >= 0.3 is 0 Å². The lowest BCUT2D eigenvalue weighted by Gasteiger charge is -2.04. The number of ketones is 1. The van der Waals surface area contributed by atoms with E-state index in [0.29, 0.717) is 9.93 Å². The summed E-state index contributed by atoms with van der Waals surface area (Å²) in [7, 11) is 0. The number of benzene rings is 1. The van der Waals surface area contributed by atoms with Crippen LogP contribution in [0.4, 0.5) is 0 Å². The number of fused-ring (bicyclic) bond motifs is 1. The van der Waals surface area contributed by atoms with Crippen LogP contribution in [0.2, 0.25) is 0 Å². The topological polar surface area (TPSA) is 63.1 Å². The van der Waals surface area contributed by atoms with E-state index in [1.54, 1.807) is 11.3 Å². The molecule has 23 heavy (non-hydrogen) atoms. The molecule has 2 aromatic heterocycles. The molecular weight excluding hydrogens is 328 g/mol. The van der Waals surface area contributed by atoms with E-state index in [0.717, 1.165) is 20.7 Å². The van der Waals surface area contributed by atoms with Gasteiger partial charge in [-0.25, -0.2) is 9.97 Å². The summed E-state index contributed by atoms with van der Waals surface area (Å²) in [6, 6.07) is 12.1. The van der Waals surface area contributed by atoms with Crippen molar-refractivity contribution in [2.45, 2.75) is 18.9 Å². The number of aliphatic hydroxyl groups excluding tert-OH is 1. The highest BCUT2D eigenvalue weighted by Crippen LogP contribution is 2.38. The van der Waals surface area contributed by atoms with Gasteiger partial charge in [0.2, 0.25) is 0 Å². The first-order chi connectivity index (χ1) is 11.1. The molecule has 0 aliphatic heterocycles. The number of carbonyl (C=O) groups is 1. The van der Waals surface area contributed by atoms with Gasteiger partial charge in [-0.05, 0) is 25.5 Å².